The van der Waals surface area contributed by atoms with Crippen LogP contribution in [0.25, 0.3) is 0 Å². The van der Waals surface area contributed by atoms with Crippen LogP contribution in [0.5, 0.6) is 0 Å². The molecule has 0 atom stereocenters. The van der Waals surface area contributed by atoms with E-state index in [0.717, 1.165) is 24.9 Å². The lowest BCUT2D eigenvalue weighted by atomic mass is 10.1. The zero-order valence-electron chi connectivity index (χ0n) is 14.1. The highest BCUT2D eigenvalue weighted by molar-refractivity contribution is 6.30. The molecule has 128 valence electrons. The molecular weight excluding hydrogens is 334 g/mol. The van der Waals surface area contributed by atoms with E-state index in [2.05, 4.69) is 17.6 Å². The van der Waals surface area contributed by atoms with Crippen molar-refractivity contribution in [1.82, 2.24) is 0 Å². The summed E-state index contributed by atoms with van der Waals surface area (Å²) in [6, 6.07) is 16.6. The number of nitriles is 1. The van der Waals surface area contributed by atoms with Crippen molar-refractivity contribution < 1.29 is 4.79 Å². The molecule has 0 saturated heterocycles. The lowest BCUT2D eigenvalue weighted by molar-refractivity contribution is -0.112. The molecule has 4 nitrogen and oxygen atoms in total. The Labute approximate surface area is 153 Å². The second-order valence-electron chi connectivity index (χ2n) is 5.58. The molecule has 0 saturated carbocycles. The van der Waals surface area contributed by atoms with Gasteiger partial charge >= 0.3 is 0 Å². The number of carbonyl (C=O) groups is 1. The first-order chi connectivity index (χ1) is 12.1. The van der Waals surface area contributed by atoms with Crippen LogP contribution in [0.15, 0.2) is 60.3 Å². The molecule has 1 amide bonds. The number of hydrogen-bond donors (Lipinski definition) is 2. The topological polar surface area (TPSA) is 64.9 Å². The maximum atomic E-state index is 12.2. The van der Waals surface area contributed by atoms with Gasteiger partial charge in [-0.15, -0.1) is 0 Å². The number of hydrogen-bond acceptors (Lipinski definition) is 3. The summed E-state index contributed by atoms with van der Waals surface area (Å²) in [5, 5.41) is 15.5. The van der Waals surface area contributed by atoms with Crippen molar-refractivity contribution in [1.29, 1.82) is 5.26 Å². The lowest BCUT2D eigenvalue weighted by Crippen LogP contribution is -2.14. The third-order valence-electron chi connectivity index (χ3n) is 3.62. The SMILES string of the molecule is CCCCc1ccc(NC(=O)/C(C#N)=C\Nc2ccc(Cl)cc2)cc1. The molecule has 2 aromatic carbocycles. The summed E-state index contributed by atoms with van der Waals surface area (Å²) in [4.78, 5) is 12.2. The Kier molecular flexibility index (Phi) is 7.06. The number of carbonyl (C=O) groups excluding carboxylic acids is 1. The zero-order chi connectivity index (χ0) is 18.1. The van der Waals surface area contributed by atoms with Crippen molar-refractivity contribution in [2.75, 3.05) is 10.6 Å². The third kappa shape index (κ3) is 5.98. The van der Waals surface area contributed by atoms with E-state index < -0.39 is 5.91 Å². The Morgan fingerprint density at radius 2 is 1.76 bits per heavy atom. The summed E-state index contributed by atoms with van der Waals surface area (Å²) in [5.74, 6) is -0.453. The Hall–Kier alpha value is -2.77. The summed E-state index contributed by atoms with van der Waals surface area (Å²) >= 11 is 5.82. The van der Waals surface area contributed by atoms with Gasteiger partial charge in [0.05, 0.1) is 0 Å². The maximum absolute atomic E-state index is 12.2. The third-order valence-corrected chi connectivity index (χ3v) is 3.88. The summed E-state index contributed by atoms with van der Waals surface area (Å²) in [7, 11) is 0. The van der Waals surface area contributed by atoms with E-state index >= 15 is 0 Å². The second kappa shape index (κ2) is 9.51. The Morgan fingerprint density at radius 1 is 1.12 bits per heavy atom. The van der Waals surface area contributed by atoms with Gasteiger partial charge in [-0.25, -0.2) is 0 Å². The highest BCUT2D eigenvalue weighted by Gasteiger charge is 2.09. The van der Waals surface area contributed by atoms with Crippen molar-refractivity contribution in [3.63, 3.8) is 0 Å². The number of nitrogens with zero attached hydrogens (tertiary/aromatic N) is 1. The smallest absolute Gasteiger partial charge is 0.267 e. The van der Waals surface area contributed by atoms with E-state index in [0.29, 0.717) is 10.7 Å². The molecule has 0 unspecified atom stereocenters. The van der Waals surface area contributed by atoms with Crippen LogP contribution >= 0.6 is 11.6 Å². The molecule has 0 spiro atoms. The predicted molar refractivity (Wildman–Crippen MR) is 102 cm³/mol. The van der Waals surface area contributed by atoms with Crippen LogP contribution in [0.3, 0.4) is 0 Å². The summed E-state index contributed by atoms with van der Waals surface area (Å²) in [6.07, 6.45) is 4.70. The zero-order valence-corrected chi connectivity index (χ0v) is 14.8. The van der Waals surface area contributed by atoms with E-state index in [9.17, 15) is 10.1 Å². The molecule has 0 fully saturated rings. The summed E-state index contributed by atoms with van der Waals surface area (Å²) < 4.78 is 0. The quantitative estimate of drug-likeness (QED) is 0.535. The van der Waals surface area contributed by atoms with Crippen LogP contribution in [0.1, 0.15) is 25.3 Å². The number of anilines is 2. The fourth-order valence-electron chi connectivity index (χ4n) is 2.18. The minimum atomic E-state index is -0.453. The first-order valence-corrected chi connectivity index (χ1v) is 8.53. The molecule has 2 rings (SSSR count). The molecule has 0 aromatic heterocycles. The molecule has 0 aliphatic heterocycles. The first kappa shape index (κ1) is 18.6. The van der Waals surface area contributed by atoms with E-state index in [1.807, 2.05) is 30.3 Å². The number of nitrogens with one attached hydrogen (secondary N) is 2. The molecule has 0 heterocycles. The van der Waals surface area contributed by atoms with Crippen LogP contribution < -0.4 is 10.6 Å². The van der Waals surface area contributed by atoms with Gasteiger partial charge in [0, 0.05) is 22.6 Å². The average Bonchev–Trinajstić information content (AvgIpc) is 2.63. The van der Waals surface area contributed by atoms with Gasteiger partial charge in [0.15, 0.2) is 0 Å². The summed E-state index contributed by atoms with van der Waals surface area (Å²) in [6.45, 7) is 2.16. The van der Waals surface area contributed by atoms with Crippen molar-refractivity contribution in [3.05, 3.63) is 70.9 Å². The van der Waals surface area contributed by atoms with E-state index in [1.54, 1.807) is 24.3 Å². The second-order valence-corrected chi connectivity index (χ2v) is 6.01. The fourth-order valence-corrected chi connectivity index (χ4v) is 2.31. The van der Waals surface area contributed by atoms with E-state index in [1.165, 1.54) is 11.8 Å². The molecule has 0 aliphatic carbocycles. The Morgan fingerprint density at radius 3 is 2.36 bits per heavy atom. The van der Waals surface area contributed by atoms with Crippen molar-refractivity contribution in [2.45, 2.75) is 26.2 Å². The number of unbranched alkanes of at least 4 members (excludes halogenated alkanes) is 1. The molecule has 0 aliphatic rings. The largest absolute Gasteiger partial charge is 0.360 e. The van der Waals surface area contributed by atoms with Crippen LogP contribution in [-0.4, -0.2) is 5.91 Å². The molecule has 2 N–H and O–H groups in total. The minimum Gasteiger partial charge on any atom is -0.360 e. The van der Waals surface area contributed by atoms with Crippen molar-refractivity contribution in [3.8, 4) is 6.07 Å². The predicted octanol–water partition coefficient (Wildman–Crippen LogP) is 5.14. The van der Waals surface area contributed by atoms with Crippen molar-refractivity contribution in [2.24, 2.45) is 0 Å². The Bertz CT molecular complexity index is 774. The highest BCUT2D eigenvalue weighted by Crippen LogP contribution is 2.15. The van der Waals surface area contributed by atoms with Gasteiger partial charge in [-0.3, -0.25) is 4.79 Å². The van der Waals surface area contributed by atoms with E-state index in [-0.39, 0.29) is 5.57 Å². The number of halogens is 1. The number of amides is 1. The van der Waals surface area contributed by atoms with Crippen LogP contribution in [-0.2, 0) is 11.2 Å². The maximum Gasteiger partial charge on any atom is 0.267 e. The summed E-state index contributed by atoms with van der Waals surface area (Å²) in [5.41, 5.74) is 2.63. The Balaban J connectivity index is 1.98. The van der Waals surface area contributed by atoms with Gasteiger partial charge in [-0.2, -0.15) is 5.26 Å². The normalized spacial score (nSPS) is 10.8. The van der Waals surface area contributed by atoms with Crippen molar-refractivity contribution >= 4 is 28.9 Å². The number of aryl methyl sites for hydroxylation is 1. The molecule has 25 heavy (non-hydrogen) atoms. The molecular formula is C20H20ClN3O. The van der Waals surface area contributed by atoms with Gasteiger partial charge in [0.25, 0.3) is 5.91 Å². The molecule has 2 aromatic rings. The van der Waals surface area contributed by atoms with E-state index in [4.69, 9.17) is 11.6 Å². The molecule has 0 bridgehead atoms. The van der Waals surface area contributed by atoms with Gasteiger partial charge < -0.3 is 10.6 Å². The lowest BCUT2D eigenvalue weighted by Gasteiger charge is -2.07. The van der Waals surface area contributed by atoms with Crippen LogP contribution in [0, 0.1) is 11.3 Å². The average molecular weight is 354 g/mol. The number of rotatable bonds is 7. The van der Waals surface area contributed by atoms with Gasteiger partial charge in [0.2, 0.25) is 0 Å². The van der Waals surface area contributed by atoms with Crippen LogP contribution in [0.2, 0.25) is 5.02 Å². The molecule has 5 heteroatoms. The standard InChI is InChI=1S/C20H20ClN3O/c1-2-3-4-15-5-9-19(10-6-15)24-20(25)16(13-22)14-23-18-11-7-17(21)8-12-18/h5-12,14,23H,2-4H2,1H3,(H,24,25)/b16-14-. The molecule has 0 radical (unpaired) electrons. The van der Waals surface area contributed by atoms with Gasteiger partial charge in [-0.1, -0.05) is 37.1 Å². The first-order valence-electron chi connectivity index (χ1n) is 8.15. The highest BCUT2D eigenvalue weighted by atomic mass is 35.5. The number of benzene rings is 2. The van der Waals surface area contributed by atoms with Gasteiger partial charge in [0.1, 0.15) is 11.6 Å². The monoisotopic (exact) mass is 353 g/mol. The van der Waals surface area contributed by atoms with Crippen LogP contribution in [0.4, 0.5) is 11.4 Å². The fraction of sp³-hybridized carbons (Fsp3) is 0.200. The minimum absolute atomic E-state index is 0.00925. The van der Waals surface area contributed by atoms with Gasteiger partial charge in [-0.05, 0) is 54.8 Å².